The van der Waals surface area contributed by atoms with Gasteiger partial charge in [0.25, 0.3) is 0 Å². The van der Waals surface area contributed by atoms with E-state index in [0.717, 1.165) is 51.9 Å². The summed E-state index contributed by atoms with van der Waals surface area (Å²) in [4.78, 5) is 11.7. The van der Waals surface area contributed by atoms with E-state index in [9.17, 15) is 4.79 Å². The van der Waals surface area contributed by atoms with E-state index >= 15 is 0 Å². The Hall–Kier alpha value is -0.810. The Morgan fingerprint density at radius 3 is 2.43 bits per heavy atom. The number of amides is 2. The molecular formula is C16H32N2O3. The van der Waals surface area contributed by atoms with Crippen molar-refractivity contribution in [2.75, 3.05) is 33.0 Å². The molecule has 0 aliphatic heterocycles. The monoisotopic (exact) mass is 300 g/mol. The molecule has 2 amide bonds. The van der Waals surface area contributed by atoms with Gasteiger partial charge in [0, 0.05) is 32.4 Å². The molecule has 0 spiro atoms. The molecule has 1 aliphatic rings. The minimum absolute atomic E-state index is 0.0535. The third-order valence-corrected chi connectivity index (χ3v) is 3.75. The molecule has 1 aliphatic carbocycles. The van der Waals surface area contributed by atoms with Crippen LogP contribution in [0, 0.1) is 0 Å². The second kappa shape index (κ2) is 12.9. The lowest BCUT2D eigenvalue weighted by Crippen LogP contribution is -2.43. The average Bonchev–Trinajstić information content (AvgIpc) is 2.50. The minimum Gasteiger partial charge on any atom is -0.382 e. The third-order valence-electron chi connectivity index (χ3n) is 3.75. The Bertz CT molecular complexity index is 256. The first-order valence-electron chi connectivity index (χ1n) is 8.52. The SMILES string of the molecule is CCOCCCCCOCCNC(=O)NC1CCCCC1. The molecule has 0 saturated heterocycles. The summed E-state index contributed by atoms with van der Waals surface area (Å²) in [5.41, 5.74) is 0. The molecule has 124 valence electrons. The highest BCUT2D eigenvalue weighted by Gasteiger charge is 2.14. The third kappa shape index (κ3) is 10.5. The maximum Gasteiger partial charge on any atom is 0.315 e. The van der Waals surface area contributed by atoms with E-state index in [4.69, 9.17) is 9.47 Å². The zero-order valence-corrected chi connectivity index (χ0v) is 13.5. The Morgan fingerprint density at radius 2 is 1.71 bits per heavy atom. The van der Waals surface area contributed by atoms with Crippen LogP contribution >= 0.6 is 0 Å². The van der Waals surface area contributed by atoms with Gasteiger partial charge in [0.05, 0.1) is 6.61 Å². The van der Waals surface area contributed by atoms with Crippen LogP contribution in [-0.2, 0) is 9.47 Å². The van der Waals surface area contributed by atoms with Gasteiger partial charge < -0.3 is 20.1 Å². The molecule has 1 saturated carbocycles. The smallest absolute Gasteiger partial charge is 0.315 e. The molecule has 21 heavy (non-hydrogen) atoms. The molecular weight excluding hydrogens is 268 g/mol. The lowest BCUT2D eigenvalue weighted by Gasteiger charge is -2.22. The fourth-order valence-corrected chi connectivity index (χ4v) is 2.55. The van der Waals surface area contributed by atoms with Gasteiger partial charge in [0.1, 0.15) is 0 Å². The molecule has 1 rings (SSSR count). The summed E-state index contributed by atoms with van der Waals surface area (Å²) in [6, 6.07) is 0.312. The quantitative estimate of drug-likeness (QED) is 0.577. The fraction of sp³-hybridized carbons (Fsp3) is 0.938. The Morgan fingerprint density at radius 1 is 1.00 bits per heavy atom. The van der Waals surface area contributed by atoms with Crippen LogP contribution in [0.1, 0.15) is 58.3 Å². The highest BCUT2D eigenvalue weighted by atomic mass is 16.5. The summed E-state index contributed by atoms with van der Waals surface area (Å²) in [7, 11) is 0. The highest BCUT2D eigenvalue weighted by molar-refractivity contribution is 5.74. The second-order valence-electron chi connectivity index (χ2n) is 5.61. The molecule has 0 radical (unpaired) electrons. The lowest BCUT2D eigenvalue weighted by molar-refractivity contribution is 0.121. The van der Waals surface area contributed by atoms with E-state index < -0.39 is 0 Å². The van der Waals surface area contributed by atoms with Crippen molar-refractivity contribution in [3.63, 3.8) is 0 Å². The van der Waals surface area contributed by atoms with E-state index in [1.165, 1.54) is 19.3 Å². The number of rotatable bonds is 11. The van der Waals surface area contributed by atoms with Crippen molar-refractivity contribution in [3.8, 4) is 0 Å². The molecule has 0 heterocycles. The minimum atomic E-state index is -0.0535. The number of unbranched alkanes of at least 4 members (excludes halogenated alkanes) is 2. The van der Waals surface area contributed by atoms with Gasteiger partial charge in [-0.05, 0) is 39.0 Å². The molecule has 5 heteroatoms. The number of nitrogens with one attached hydrogen (secondary N) is 2. The number of hydrogen-bond acceptors (Lipinski definition) is 3. The van der Waals surface area contributed by atoms with E-state index in [0.29, 0.717) is 19.2 Å². The van der Waals surface area contributed by atoms with Crippen LogP contribution in [0.25, 0.3) is 0 Å². The van der Waals surface area contributed by atoms with E-state index in [1.54, 1.807) is 0 Å². The summed E-state index contributed by atoms with van der Waals surface area (Å²) < 4.78 is 10.8. The topological polar surface area (TPSA) is 59.6 Å². The van der Waals surface area contributed by atoms with Gasteiger partial charge in [0.15, 0.2) is 0 Å². The van der Waals surface area contributed by atoms with Crippen molar-refractivity contribution < 1.29 is 14.3 Å². The first-order chi connectivity index (χ1) is 10.3. The van der Waals surface area contributed by atoms with Crippen molar-refractivity contribution in [1.82, 2.24) is 10.6 Å². The fourth-order valence-electron chi connectivity index (χ4n) is 2.55. The number of carbonyl (C=O) groups excluding carboxylic acids is 1. The number of ether oxygens (including phenoxy) is 2. The van der Waals surface area contributed by atoms with Crippen LogP contribution in [0.2, 0.25) is 0 Å². The molecule has 0 atom stereocenters. The van der Waals surface area contributed by atoms with Crippen LogP contribution in [0.5, 0.6) is 0 Å². The first kappa shape index (κ1) is 18.2. The Labute approximate surface area is 129 Å². The van der Waals surface area contributed by atoms with Gasteiger partial charge in [-0.1, -0.05) is 19.3 Å². The Kier molecular flexibility index (Phi) is 11.2. The number of urea groups is 1. The lowest BCUT2D eigenvalue weighted by atomic mass is 9.96. The van der Waals surface area contributed by atoms with Gasteiger partial charge >= 0.3 is 6.03 Å². The molecule has 0 aromatic heterocycles. The van der Waals surface area contributed by atoms with Crippen LogP contribution in [0.4, 0.5) is 4.79 Å². The average molecular weight is 300 g/mol. The summed E-state index contributed by atoms with van der Waals surface area (Å²) in [5.74, 6) is 0. The normalized spacial score (nSPS) is 15.9. The highest BCUT2D eigenvalue weighted by Crippen LogP contribution is 2.16. The largest absolute Gasteiger partial charge is 0.382 e. The van der Waals surface area contributed by atoms with E-state index in [1.807, 2.05) is 6.92 Å². The van der Waals surface area contributed by atoms with Gasteiger partial charge in [-0.25, -0.2) is 4.79 Å². The van der Waals surface area contributed by atoms with Gasteiger partial charge in [0.2, 0.25) is 0 Å². The molecule has 1 fully saturated rings. The van der Waals surface area contributed by atoms with Gasteiger partial charge in [-0.2, -0.15) is 0 Å². The summed E-state index contributed by atoms with van der Waals surface area (Å²) in [6.45, 7) is 5.59. The number of hydrogen-bond donors (Lipinski definition) is 2. The molecule has 0 unspecified atom stereocenters. The van der Waals surface area contributed by atoms with Gasteiger partial charge in [-0.15, -0.1) is 0 Å². The van der Waals surface area contributed by atoms with Crippen LogP contribution in [0.15, 0.2) is 0 Å². The summed E-state index contributed by atoms with van der Waals surface area (Å²) in [5, 5.41) is 5.88. The van der Waals surface area contributed by atoms with Crippen molar-refractivity contribution in [2.45, 2.75) is 64.3 Å². The van der Waals surface area contributed by atoms with Crippen molar-refractivity contribution in [1.29, 1.82) is 0 Å². The van der Waals surface area contributed by atoms with Crippen LogP contribution < -0.4 is 10.6 Å². The van der Waals surface area contributed by atoms with Crippen molar-refractivity contribution in [2.24, 2.45) is 0 Å². The first-order valence-corrected chi connectivity index (χ1v) is 8.52. The predicted molar refractivity (Wildman–Crippen MR) is 84.6 cm³/mol. The summed E-state index contributed by atoms with van der Waals surface area (Å²) in [6.07, 6.45) is 9.29. The van der Waals surface area contributed by atoms with Gasteiger partial charge in [-0.3, -0.25) is 0 Å². The van der Waals surface area contributed by atoms with Crippen molar-refractivity contribution >= 4 is 6.03 Å². The predicted octanol–water partition coefficient (Wildman–Crippen LogP) is 2.84. The molecule has 5 nitrogen and oxygen atoms in total. The number of carbonyl (C=O) groups is 1. The van der Waals surface area contributed by atoms with Crippen LogP contribution in [0.3, 0.4) is 0 Å². The molecule has 0 aromatic rings. The maximum atomic E-state index is 11.7. The summed E-state index contributed by atoms with van der Waals surface area (Å²) >= 11 is 0. The van der Waals surface area contributed by atoms with E-state index in [-0.39, 0.29) is 6.03 Å². The zero-order chi connectivity index (χ0) is 15.2. The molecule has 2 N–H and O–H groups in total. The standard InChI is InChI=1S/C16H32N2O3/c1-2-20-12-7-4-8-13-21-14-11-17-16(19)18-15-9-5-3-6-10-15/h15H,2-14H2,1H3,(H2,17,18,19). The van der Waals surface area contributed by atoms with E-state index in [2.05, 4.69) is 10.6 Å². The maximum absolute atomic E-state index is 11.7. The zero-order valence-electron chi connectivity index (χ0n) is 13.5. The second-order valence-corrected chi connectivity index (χ2v) is 5.61. The van der Waals surface area contributed by atoms with Crippen LogP contribution in [-0.4, -0.2) is 45.0 Å². The molecule has 0 bridgehead atoms. The Balaban J connectivity index is 1.81. The van der Waals surface area contributed by atoms with Crippen molar-refractivity contribution in [3.05, 3.63) is 0 Å². The molecule has 0 aromatic carbocycles.